The van der Waals surface area contributed by atoms with E-state index < -0.39 is 23.1 Å². The van der Waals surface area contributed by atoms with Crippen LogP contribution >= 0.6 is 0 Å². The summed E-state index contributed by atoms with van der Waals surface area (Å²) in [5, 5.41) is 13.5. The van der Waals surface area contributed by atoms with Crippen molar-refractivity contribution in [1.82, 2.24) is 14.7 Å². The van der Waals surface area contributed by atoms with Crippen molar-refractivity contribution in [2.45, 2.75) is 45.3 Å². The van der Waals surface area contributed by atoms with Crippen LogP contribution in [0.25, 0.3) is 11.3 Å². The standard InChI is InChI=1S/C22H21F2N5O3.C6H12O/c23-14-5-8-18(17(24)10-14)32-16-6-3-13(4-7-16)20-19(22(26)31)21(25)29(27-20)15-2-1-9-28(11-15)12-30;1-4-5-6(2,3)7/h3-8,10,12,15H,1-2,9,11,25H2,(H2,26,31);4-5,7H,1-3H3/b;5-4+/t15-;/m1./s1. The summed E-state index contributed by atoms with van der Waals surface area (Å²) < 4.78 is 33.9. The number of nitrogens with two attached hydrogens (primary N) is 2. The Labute approximate surface area is 225 Å². The van der Waals surface area contributed by atoms with Crippen LogP contribution < -0.4 is 16.2 Å². The summed E-state index contributed by atoms with van der Waals surface area (Å²) in [5.41, 5.74) is 12.1. The molecule has 0 saturated carbocycles. The van der Waals surface area contributed by atoms with Gasteiger partial charge in [-0.05, 0) is 70.0 Å². The Bertz CT molecular complexity index is 1330. The van der Waals surface area contributed by atoms with Crippen LogP contribution in [-0.2, 0) is 4.79 Å². The first-order valence-electron chi connectivity index (χ1n) is 12.4. The molecule has 1 fully saturated rings. The molecular weight excluding hydrogens is 508 g/mol. The molecule has 0 bridgehead atoms. The van der Waals surface area contributed by atoms with Crippen molar-refractivity contribution < 1.29 is 28.2 Å². The molecule has 2 amide bonds. The van der Waals surface area contributed by atoms with E-state index >= 15 is 0 Å². The van der Waals surface area contributed by atoms with Crippen LogP contribution in [0.3, 0.4) is 0 Å². The third-order valence-electron chi connectivity index (χ3n) is 5.94. The summed E-state index contributed by atoms with van der Waals surface area (Å²) in [4.78, 5) is 24.9. The number of aromatic nitrogens is 2. The monoisotopic (exact) mass is 541 g/mol. The fourth-order valence-corrected chi connectivity index (χ4v) is 4.22. The number of hydrogen-bond acceptors (Lipinski definition) is 6. The molecule has 1 aliphatic heterocycles. The predicted molar refractivity (Wildman–Crippen MR) is 144 cm³/mol. The second-order valence-corrected chi connectivity index (χ2v) is 9.67. The minimum absolute atomic E-state index is 0.0893. The number of hydrogen-bond donors (Lipinski definition) is 3. The number of carbonyl (C=O) groups excluding carboxylic acids is 2. The van der Waals surface area contributed by atoms with Crippen LogP contribution in [0.1, 0.15) is 50.0 Å². The number of amides is 2. The largest absolute Gasteiger partial charge is 0.454 e. The topological polar surface area (TPSA) is 137 Å². The Morgan fingerprint density at radius 2 is 1.90 bits per heavy atom. The van der Waals surface area contributed by atoms with Crippen LogP contribution in [0, 0.1) is 11.6 Å². The van der Waals surface area contributed by atoms with Gasteiger partial charge in [0.05, 0.1) is 11.6 Å². The lowest BCUT2D eigenvalue weighted by Gasteiger charge is -2.30. The number of ether oxygens (including phenoxy) is 1. The first-order valence-corrected chi connectivity index (χ1v) is 12.4. The number of piperidine rings is 1. The van der Waals surface area contributed by atoms with Crippen molar-refractivity contribution in [1.29, 1.82) is 0 Å². The van der Waals surface area contributed by atoms with Crippen LogP contribution in [0.5, 0.6) is 11.5 Å². The molecule has 9 nitrogen and oxygen atoms in total. The molecule has 0 radical (unpaired) electrons. The number of anilines is 1. The fraction of sp³-hybridized carbons (Fsp3) is 0.321. The van der Waals surface area contributed by atoms with Gasteiger partial charge in [-0.3, -0.25) is 9.59 Å². The normalized spacial score (nSPS) is 15.5. The lowest BCUT2D eigenvalue weighted by Crippen LogP contribution is -2.36. The Hall–Kier alpha value is -4.25. The number of likely N-dealkylation sites (tertiary alicyclic amines) is 1. The van der Waals surface area contributed by atoms with Crippen molar-refractivity contribution in [2.75, 3.05) is 18.8 Å². The first-order chi connectivity index (χ1) is 18.4. The predicted octanol–water partition coefficient (Wildman–Crippen LogP) is 4.43. The number of benzene rings is 2. The minimum Gasteiger partial charge on any atom is -0.454 e. The van der Waals surface area contributed by atoms with E-state index in [1.54, 1.807) is 53.8 Å². The zero-order chi connectivity index (χ0) is 28.7. The Kier molecular flexibility index (Phi) is 9.42. The van der Waals surface area contributed by atoms with Crippen LogP contribution in [-0.4, -0.2) is 50.8 Å². The van der Waals surface area contributed by atoms with Gasteiger partial charge in [0.15, 0.2) is 11.6 Å². The molecule has 3 aromatic rings. The lowest BCUT2D eigenvalue weighted by molar-refractivity contribution is -0.119. The Balaban J connectivity index is 0.000000532. The summed E-state index contributed by atoms with van der Waals surface area (Å²) >= 11 is 0. The van der Waals surface area contributed by atoms with Gasteiger partial charge in [-0.15, -0.1) is 0 Å². The zero-order valence-corrected chi connectivity index (χ0v) is 22.1. The second kappa shape index (κ2) is 12.5. The highest BCUT2D eigenvalue weighted by Crippen LogP contribution is 2.33. The van der Waals surface area contributed by atoms with Crippen LogP contribution in [0.4, 0.5) is 14.6 Å². The number of primary amides is 1. The quantitative estimate of drug-likeness (QED) is 0.299. The lowest BCUT2D eigenvalue weighted by atomic mass is 10.1. The van der Waals surface area contributed by atoms with Gasteiger partial charge in [0.1, 0.15) is 28.6 Å². The SMILES string of the molecule is C/C=C/C(C)(C)O.NC(=O)c1c(-c2ccc(Oc3ccc(F)cc3F)cc2)nn([C@@H]2CCCN(C=O)C2)c1N. The third-order valence-corrected chi connectivity index (χ3v) is 5.94. The maximum atomic E-state index is 13.8. The minimum atomic E-state index is -0.826. The van der Waals surface area contributed by atoms with E-state index in [0.717, 1.165) is 31.4 Å². The van der Waals surface area contributed by atoms with Gasteiger partial charge in [-0.1, -0.05) is 12.2 Å². The number of halogens is 2. The van der Waals surface area contributed by atoms with Gasteiger partial charge >= 0.3 is 0 Å². The average Bonchev–Trinajstić information content (AvgIpc) is 3.23. The van der Waals surface area contributed by atoms with Gasteiger partial charge < -0.3 is 26.2 Å². The summed E-state index contributed by atoms with van der Waals surface area (Å²) in [5.74, 6) is -1.93. The molecule has 11 heteroatoms. The first kappa shape index (κ1) is 29.3. The molecule has 2 aromatic carbocycles. The molecule has 5 N–H and O–H groups in total. The molecule has 2 heterocycles. The Morgan fingerprint density at radius 1 is 1.21 bits per heavy atom. The highest BCUT2D eigenvalue weighted by molar-refractivity contribution is 6.03. The summed E-state index contributed by atoms with van der Waals surface area (Å²) in [7, 11) is 0. The van der Waals surface area contributed by atoms with E-state index in [9.17, 15) is 18.4 Å². The maximum Gasteiger partial charge on any atom is 0.254 e. The highest BCUT2D eigenvalue weighted by Gasteiger charge is 2.28. The number of carbonyl (C=O) groups is 2. The second-order valence-electron chi connectivity index (χ2n) is 9.67. The van der Waals surface area contributed by atoms with Crippen molar-refractivity contribution in [3.8, 4) is 22.8 Å². The van der Waals surface area contributed by atoms with E-state index in [2.05, 4.69) is 5.10 Å². The van der Waals surface area contributed by atoms with E-state index in [1.165, 1.54) is 6.07 Å². The number of nitrogen functional groups attached to an aromatic ring is 1. The molecule has 0 unspecified atom stereocenters. The van der Waals surface area contributed by atoms with Crippen molar-refractivity contribution in [2.24, 2.45) is 5.73 Å². The third kappa shape index (κ3) is 7.64. The van der Waals surface area contributed by atoms with Gasteiger partial charge in [0, 0.05) is 24.7 Å². The Morgan fingerprint density at radius 3 is 2.44 bits per heavy atom. The van der Waals surface area contributed by atoms with E-state index in [0.29, 0.717) is 30.1 Å². The van der Waals surface area contributed by atoms with Crippen LogP contribution in [0.2, 0.25) is 0 Å². The van der Waals surface area contributed by atoms with Crippen molar-refractivity contribution in [3.05, 3.63) is 71.8 Å². The van der Waals surface area contributed by atoms with Gasteiger partial charge in [-0.25, -0.2) is 13.5 Å². The number of nitrogens with zero attached hydrogens (tertiary/aromatic N) is 3. The van der Waals surface area contributed by atoms with Crippen LogP contribution in [0.15, 0.2) is 54.6 Å². The number of rotatable bonds is 7. The molecule has 0 aliphatic carbocycles. The van der Waals surface area contributed by atoms with E-state index in [1.807, 2.05) is 13.0 Å². The molecule has 1 atom stereocenters. The molecule has 0 spiro atoms. The molecule has 208 valence electrons. The van der Waals surface area contributed by atoms with Crippen molar-refractivity contribution >= 4 is 18.1 Å². The molecule has 39 heavy (non-hydrogen) atoms. The van der Waals surface area contributed by atoms with E-state index in [4.69, 9.17) is 21.3 Å². The molecule has 1 aliphatic rings. The summed E-state index contributed by atoms with van der Waals surface area (Å²) in [6, 6.07) is 9.23. The van der Waals surface area contributed by atoms with Gasteiger partial charge in [-0.2, -0.15) is 5.10 Å². The molecule has 4 rings (SSSR count). The van der Waals surface area contributed by atoms with Gasteiger partial charge in [0.2, 0.25) is 6.41 Å². The molecule has 1 aromatic heterocycles. The number of allylic oxidation sites excluding steroid dienone is 1. The molecule has 1 saturated heterocycles. The average molecular weight is 542 g/mol. The maximum absolute atomic E-state index is 13.8. The van der Waals surface area contributed by atoms with E-state index in [-0.39, 0.29) is 23.2 Å². The highest BCUT2D eigenvalue weighted by atomic mass is 19.1. The fourth-order valence-electron chi connectivity index (χ4n) is 4.22. The number of aliphatic hydroxyl groups is 1. The van der Waals surface area contributed by atoms with Crippen molar-refractivity contribution in [3.63, 3.8) is 0 Å². The smallest absolute Gasteiger partial charge is 0.254 e. The van der Waals surface area contributed by atoms with Gasteiger partial charge in [0.25, 0.3) is 5.91 Å². The molecular formula is C28H33F2N5O4. The summed E-state index contributed by atoms with van der Waals surface area (Å²) in [6.45, 7) is 6.47. The zero-order valence-electron chi connectivity index (χ0n) is 22.1. The summed E-state index contributed by atoms with van der Waals surface area (Å²) in [6.07, 6.45) is 5.90.